The number of amides is 1. The molecule has 23 heavy (non-hydrogen) atoms. The highest BCUT2D eigenvalue weighted by Crippen LogP contribution is 2.40. The number of hydrogen-bond acceptors (Lipinski definition) is 3. The maximum atomic E-state index is 13.1. The first-order valence-electron chi connectivity index (χ1n) is 8.14. The van der Waals surface area contributed by atoms with Crippen LogP contribution in [0.15, 0.2) is 24.4 Å². The molecule has 1 aromatic heterocycles. The average molecular weight is 313 g/mol. The molecule has 2 aromatic rings. The van der Waals surface area contributed by atoms with Gasteiger partial charge in [-0.1, -0.05) is 25.0 Å². The van der Waals surface area contributed by atoms with Gasteiger partial charge in [-0.15, -0.1) is 0 Å². The van der Waals surface area contributed by atoms with Gasteiger partial charge in [0, 0.05) is 11.4 Å². The maximum Gasteiger partial charge on any atom is 0.326 e. The molecule has 2 aliphatic rings. The summed E-state index contributed by atoms with van der Waals surface area (Å²) in [6, 6.07) is 4.79. The second-order valence-corrected chi connectivity index (χ2v) is 6.55. The van der Waals surface area contributed by atoms with Gasteiger partial charge >= 0.3 is 5.97 Å². The summed E-state index contributed by atoms with van der Waals surface area (Å²) in [7, 11) is 0. The van der Waals surface area contributed by atoms with Crippen molar-refractivity contribution in [3.8, 4) is 0 Å². The smallest absolute Gasteiger partial charge is 0.326 e. The number of para-hydroxylation sites is 1. The summed E-state index contributed by atoms with van der Waals surface area (Å²) in [6.07, 6.45) is 6.36. The molecular formula is C17H19N3O3. The SMILES string of the molecule is O=C(O)[C@@H]1C[C@H]2CCCC[C@H]2N1C(=O)c1cccc2cn[nH]c12. The molecule has 3 atom stereocenters. The van der Waals surface area contributed by atoms with Crippen LogP contribution in [0.1, 0.15) is 42.5 Å². The van der Waals surface area contributed by atoms with Gasteiger partial charge in [0.1, 0.15) is 6.04 Å². The second-order valence-electron chi connectivity index (χ2n) is 6.55. The normalized spacial score (nSPS) is 27.1. The molecule has 0 radical (unpaired) electrons. The number of nitrogens with one attached hydrogen (secondary N) is 1. The number of likely N-dealkylation sites (tertiary alicyclic amines) is 1. The minimum absolute atomic E-state index is 0.0514. The quantitative estimate of drug-likeness (QED) is 0.891. The number of H-pyrrole nitrogens is 1. The number of fused-ring (bicyclic) bond motifs is 2. The van der Waals surface area contributed by atoms with Crippen molar-refractivity contribution in [1.29, 1.82) is 0 Å². The highest BCUT2D eigenvalue weighted by molar-refractivity contribution is 6.06. The molecule has 2 heterocycles. The standard InChI is InChI=1S/C17H19N3O3/c21-16(12-6-3-5-11-9-18-19-15(11)12)20-13-7-2-1-4-10(13)8-14(20)17(22)23/h3,5-6,9-10,13-14H,1-2,4,7-8H2,(H,18,19)(H,22,23)/t10-,13-,14+/m1/s1. The van der Waals surface area contributed by atoms with Crippen molar-refractivity contribution < 1.29 is 14.7 Å². The van der Waals surface area contributed by atoms with Crippen molar-refractivity contribution in [3.63, 3.8) is 0 Å². The lowest BCUT2D eigenvalue weighted by atomic mass is 9.84. The Morgan fingerprint density at radius 2 is 2.09 bits per heavy atom. The number of aliphatic carboxylic acids is 1. The van der Waals surface area contributed by atoms with Crippen molar-refractivity contribution in [2.75, 3.05) is 0 Å². The lowest BCUT2D eigenvalue weighted by Crippen LogP contribution is -2.46. The number of nitrogens with zero attached hydrogens (tertiary/aromatic N) is 2. The number of carbonyl (C=O) groups is 2. The Balaban J connectivity index is 1.75. The molecule has 6 heteroatoms. The van der Waals surface area contributed by atoms with Crippen LogP contribution in [0.3, 0.4) is 0 Å². The van der Waals surface area contributed by atoms with Gasteiger partial charge in [0.05, 0.1) is 17.3 Å². The number of carboxylic acids is 1. The fourth-order valence-corrected chi connectivity index (χ4v) is 4.26. The number of rotatable bonds is 2. The largest absolute Gasteiger partial charge is 0.480 e. The molecule has 1 amide bonds. The summed E-state index contributed by atoms with van der Waals surface area (Å²) in [5.74, 6) is -0.777. The molecular weight excluding hydrogens is 294 g/mol. The van der Waals surface area contributed by atoms with Gasteiger partial charge in [-0.05, 0) is 31.2 Å². The Kier molecular flexibility index (Phi) is 3.32. The van der Waals surface area contributed by atoms with Gasteiger partial charge in [-0.25, -0.2) is 4.79 Å². The van der Waals surface area contributed by atoms with E-state index in [1.807, 2.05) is 12.1 Å². The van der Waals surface area contributed by atoms with Gasteiger partial charge in [0.25, 0.3) is 5.91 Å². The van der Waals surface area contributed by atoms with E-state index in [1.165, 1.54) is 0 Å². The van der Waals surface area contributed by atoms with Crippen LogP contribution in [0.4, 0.5) is 0 Å². The lowest BCUT2D eigenvalue weighted by Gasteiger charge is -2.33. The summed E-state index contributed by atoms with van der Waals surface area (Å²) in [6.45, 7) is 0. The van der Waals surface area contributed by atoms with Gasteiger partial charge in [0.15, 0.2) is 0 Å². The number of carbonyl (C=O) groups excluding carboxylic acids is 1. The maximum absolute atomic E-state index is 13.1. The molecule has 120 valence electrons. The molecule has 6 nitrogen and oxygen atoms in total. The van der Waals surface area contributed by atoms with Crippen LogP contribution in [0.5, 0.6) is 0 Å². The minimum atomic E-state index is -0.899. The molecule has 1 saturated carbocycles. The first-order valence-corrected chi connectivity index (χ1v) is 8.14. The molecule has 1 aromatic carbocycles. The minimum Gasteiger partial charge on any atom is -0.480 e. The molecule has 0 spiro atoms. The zero-order valence-corrected chi connectivity index (χ0v) is 12.7. The number of aromatic amines is 1. The van der Waals surface area contributed by atoms with Crippen molar-refractivity contribution >= 4 is 22.8 Å². The van der Waals surface area contributed by atoms with Crippen LogP contribution in [-0.2, 0) is 4.79 Å². The Labute approximate surface area is 133 Å². The first-order chi connectivity index (χ1) is 11.2. The molecule has 4 rings (SSSR count). The predicted molar refractivity (Wildman–Crippen MR) is 84.1 cm³/mol. The number of hydrogen-bond donors (Lipinski definition) is 2. The number of aromatic nitrogens is 2. The van der Waals surface area contributed by atoms with Gasteiger partial charge < -0.3 is 10.0 Å². The highest BCUT2D eigenvalue weighted by atomic mass is 16.4. The van der Waals surface area contributed by atoms with E-state index in [0.717, 1.165) is 31.1 Å². The van der Waals surface area contributed by atoms with Crippen LogP contribution >= 0.6 is 0 Å². The number of benzene rings is 1. The van der Waals surface area contributed by atoms with Crippen LogP contribution in [0, 0.1) is 5.92 Å². The lowest BCUT2D eigenvalue weighted by molar-refractivity contribution is -0.141. The van der Waals surface area contributed by atoms with E-state index in [9.17, 15) is 14.7 Å². The molecule has 2 fully saturated rings. The van der Waals surface area contributed by atoms with E-state index in [-0.39, 0.29) is 11.9 Å². The zero-order chi connectivity index (χ0) is 16.0. The molecule has 0 bridgehead atoms. The fraction of sp³-hybridized carbons (Fsp3) is 0.471. The van der Waals surface area contributed by atoms with Crippen LogP contribution in [0.25, 0.3) is 10.9 Å². The Hall–Kier alpha value is -2.37. The van der Waals surface area contributed by atoms with E-state index < -0.39 is 12.0 Å². The summed E-state index contributed by atoms with van der Waals surface area (Å²) < 4.78 is 0. The fourth-order valence-electron chi connectivity index (χ4n) is 4.26. The predicted octanol–water partition coefficient (Wildman–Crippen LogP) is 2.42. The molecule has 0 unspecified atom stereocenters. The number of carboxylic acid groups (broad SMARTS) is 1. The Morgan fingerprint density at radius 1 is 1.26 bits per heavy atom. The molecule has 1 saturated heterocycles. The van der Waals surface area contributed by atoms with E-state index in [0.29, 0.717) is 23.4 Å². The van der Waals surface area contributed by atoms with E-state index >= 15 is 0 Å². The van der Waals surface area contributed by atoms with Crippen LogP contribution in [-0.4, -0.2) is 44.2 Å². The van der Waals surface area contributed by atoms with Crippen LogP contribution < -0.4 is 0 Å². The third-order valence-corrected chi connectivity index (χ3v) is 5.31. The summed E-state index contributed by atoms with van der Waals surface area (Å²) in [5.41, 5.74) is 1.19. The third-order valence-electron chi connectivity index (χ3n) is 5.31. The molecule has 2 N–H and O–H groups in total. The first kappa shape index (κ1) is 14.2. The van der Waals surface area contributed by atoms with Crippen molar-refractivity contribution in [2.45, 2.75) is 44.2 Å². The van der Waals surface area contributed by atoms with Crippen molar-refractivity contribution in [1.82, 2.24) is 15.1 Å². The highest BCUT2D eigenvalue weighted by Gasteiger charge is 2.47. The average Bonchev–Trinajstić information content (AvgIpc) is 3.18. The summed E-state index contributed by atoms with van der Waals surface area (Å²) in [5, 5.41) is 17.3. The van der Waals surface area contributed by atoms with Crippen molar-refractivity contribution in [2.24, 2.45) is 5.92 Å². The zero-order valence-electron chi connectivity index (χ0n) is 12.7. The Morgan fingerprint density at radius 3 is 2.91 bits per heavy atom. The van der Waals surface area contributed by atoms with Crippen LogP contribution in [0.2, 0.25) is 0 Å². The second kappa shape index (κ2) is 5.37. The summed E-state index contributed by atoms with van der Waals surface area (Å²) in [4.78, 5) is 26.5. The van der Waals surface area contributed by atoms with E-state index in [4.69, 9.17) is 0 Å². The van der Waals surface area contributed by atoms with Gasteiger partial charge in [-0.2, -0.15) is 5.10 Å². The monoisotopic (exact) mass is 313 g/mol. The van der Waals surface area contributed by atoms with E-state index in [1.54, 1.807) is 17.2 Å². The van der Waals surface area contributed by atoms with Crippen molar-refractivity contribution in [3.05, 3.63) is 30.0 Å². The Bertz CT molecular complexity index is 769. The topological polar surface area (TPSA) is 86.3 Å². The summed E-state index contributed by atoms with van der Waals surface area (Å²) >= 11 is 0. The van der Waals surface area contributed by atoms with E-state index in [2.05, 4.69) is 10.2 Å². The third kappa shape index (κ3) is 2.20. The molecule has 1 aliphatic carbocycles. The van der Waals surface area contributed by atoms with Gasteiger partial charge in [-0.3, -0.25) is 9.89 Å². The molecule has 1 aliphatic heterocycles. The van der Waals surface area contributed by atoms with Gasteiger partial charge in [0.2, 0.25) is 0 Å².